The number of rotatable bonds is 8. The van der Waals surface area contributed by atoms with Gasteiger partial charge in [-0.15, -0.1) is 0 Å². The standard InChI is InChI=1S/C14H27NO4/c1-16-9-10-17-7-2-8-18-13-11-14(19-12-13)3-5-15-6-4-14/h13,15H,2-12H2,1H3. The molecule has 1 spiro atoms. The molecule has 0 aromatic carbocycles. The largest absolute Gasteiger partial charge is 0.382 e. The molecular weight excluding hydrogens is 246 g/mol. The van der Waals surface area contributed by atoms with E-state index in [0.29, 0.717) is 13.2 Å². The summed E-state index contributed by atoms with van der Waals surface area (Å²) in [5.74, 6) is 0. The van der Waals surface area contributed by atoms with Gasteiger partial charge in [0.05, 0.1) is 31.5 Å². The van der Waals surface area contributed by atoms with Gasteiger partial charge in [-0.2, -0.15) is 0 Å². The number of hydrogen-bond acceptors (Lipinski definition) is 5. The molecule has 2 rings (SSSR count). The third-order valence-corrected chi connectivity index (χ3v) is 3.91. The van der Waals surface area contributed by atoms with E-state index in [9.17, 15) is 0 Å². The predicted octanol–water partition coefficient (Wildman–Crippen LogP) is 0.967. The molecule has 5 nitrogen and oxygen atoms in total. The minimum Gasteiger partial charge on any atom is -0.382 e. The smallest absolute Gasteiger partial charge is 0.0836 e. The molecule has 2 aliphatic rings. The fourth-order valence-corrected chi connectivity index (χ4v) is 2.80. The minimum atomic E-state index is 0.102. The number of piperidine rings is 1. The third kappa shape index (κ3) is 5.00. The molecule has 2 fully saturated rings. The van der Waals surface area contributed by atoms with Gasteiger partial charge in [-0.1, -0.05) is 0 Å². The molecule has 2 heterocycles. The Bertz CT molecular complexity index is 244. The molecule has 19 heavy (non-hydrogen) atoms. The van der Waals surface area contributed by atoms with Crippen LogP contribution < -0.4 is 5.32 Å². The van der Waals surface area contributed by atoms with Crippen LogP contribution in [0, 0.1) is 0 Å². The predicted molar refractivity (Wildman–Crippen MR) is 72.5 cm³/mol. The second-order valence-corrected chi connectivity index (χ2v) is 5.40. The summed E-state index contributed by atoms with van der Waals surface area (Å²) in [7, 11) is 1.68. The van der Waals surface area contributed by atoms with E-state index < -0.39 is 0 Å². The SMILES string of the molecule is COCCOCCCOC1COC2(CCNCC2)C1. The van der Waals surface area contributed by atoms with Crippen molar-refractivity contribution in [3.63, 3.8) is 0 Å². The van der Waals surface area contributed by atoms with Crippen molar-refractivity contribution in [3.05, 3.63) is 0 Å². The molecule has 2 aliphatic heterocycles. The summed E-state index contributed by atoms with van der Waals surface area (Å²) in [4.78, 5) is 0. The van der Waals surface area contributed by atoms with Gasteiger partial charge in [0.1, 0.15) is 0 Å². The van der Waals surface area contributed by atoms with E-state index in [4.69, 9.17) is 18.9 Å². The molecule has 0 aromatic rings. The second kappa shape index (κ2) is 8.17. The van der Waals surface area contributed by atoms with E-state index in [2.05, 4.69) is 5.32 Å². The van der Waals surface area contributed by atoms with Crippen LogP contribution in [0.4, 0.5) is 0 Å². The number of hydrogen-bond donors (Lipinski definition) is 1. The van der Waals surface area contributed by atoms with Gasteiger partial charge in [0, 0.05) is 26.7 Å². The normalized spacial score (nSPS) is 26.1. The highest BCUT2D eigenvalue weighted by molar-refractivity contribution is 4.93. The Morgan fingerprint density at radius 1 is 1.16 bits per heavy atom. The molecule has 112 valence electrons. The highest BCUT2D eigenvalue weighted by Crippen LogP contribution is 2.35. The van der Waals surface area contributed by atoms with E-state index in [1.807, 2.05) is 0 Å². The Hall–Kier alpha value is -0.200. The first-order valence-electron chi connectivity index (χ1n) is 7.38. The Morgan fingerprint density at radius 2 is 2.00 bits per heavy atom. The molecule has 1 unspecified atom stereocenters. The van der Waals surface area contributed by atoms with E-state index in [1.54, 1.807) is 7.11 Å². The van der Waals surface area contributed by atoms with Crippen LogP contribution in [0.15, 0.2) is 0 Å². The molecule has 0 radical (unpaired) electrons. The lowest BCUT2D eigenvalue weighted by molar-refractivity contribution is -0.0241. The molecule has 1 N–H and O–H groups in total. The summed E-state index contributed by atoms with van der Waals surface area (Å²) >= 11 is 0. The summed E-state index contributed by atoms with van der Waals surface area (Å²) in [5.41, 5.74) is 0.102. The van der Waals surface area contributed by atoms with Crippen molar-refractivity contribution in [2.45, 2.75) is 37.4 Å². The van der Waals surface area contributed by atoms with Crippen LogP contribution in [0.25, 0.3) is 0 Å². The lowest BCUT2D eigenvalue weighted by atomic mass is 9.89. The molecule has 0 aliphatic carbocycles. The highest BCUT2D eigenvalue weighted by Gasteiger charge is 2.41. The van der Waals surface area contributed by atoms with Gasteiger partial charge in [-0.05, 0) is 32.4 Å². The fourth-order valence-electron chi connectivity index (χ4n) is 2.80. The Morgan fingerprint density at radius 3 is 2.79 bits per heavy atom. The lowest BCUT2D eigenvalue weighted by Gasteiger charge is -2.32. The Kier molecular flexibility index (Phi) is 6.53. The van der Waals surface area contributed by atoms with Gasteiger partial charge >= 0.3 is 0 Å². The first kappa shape index (κ1) is 15.2. The number of methoxy groups -OCH3 is 1. The molecule has 2 saturated heterocycles. The van der Waals surface area contributed by atoms with Gasteiger partial charge < -0.3 is 24.3 Å². The lowest BCUT2D eigenvalue weighted by Crippen LogP contribution is -2.41. The topological polar surface area (TPSA) is 49.0 Å². The van der Waals surface area contributed by atoms with E-state index in [0.717, 1.165) is 58.6 Å². The van der Waals surface area contributed by atoms with Gasteiger partial charge in [-0.25, -0.2) is 0 Å². The van der Waals surface area contributed by atoms with Crippen molar-refractivity contribution in [2.75, 3.05) is 53.2 Å². The zero-order valence-electron chi connectivity index (χ0n) is 12.0. The average Bonchev–Trinajstić information content (AvgIpc) is 2.81. The summed E-state index contributed by atoms with van der Waals surface area (Å²) in [6.07, 6.45) is 4.51. The summed E-state index contributed by atoms with van der Waals surface area (Å²) < 4.78 is 22.2. The molecular formula is C14H27NO4. The average molecular weight is 273 g/mol. The van der Waals surface area contributed by atoms with Crippen molar-refractivity contribution < 1.29 is 18.9 Å². The third-order valence-electron chi connectivity index (χ3n) is 3.91. The van der Waals surface area contributed by atoms with Crippen molar-refractivity contribution in [1.29, 1.82) is 0 Å². The zero-order valence-corrected chi connectivity index (χ0v) is 12.0. The number of nitrogens with one attached hydrogen (secondary N) is 1. The quantitative estimate of drug-likeness (QED) is 0.668. The highest BCUT2D eigenvalue weighted by atomic mass is 16.6. The van der Waals surface area contributed by atoms with E-state index in [1.165, 1.54) is 0 Å². The van der Waals surface area contributed by atoms with Crippen molar-refractivity contribution in [3.8, 4) is 0 Å². The van der Waals surface area contributed by atoms with E-state index in [-0.39, 0.29) is 11.7 Å². The van der Waals surface area contributed by atoms with Crippen LogP contribution in [0.3, 0.4) is 0 Å². The second-order valence-electron chi connectivity index (χ2n) is 5.40. The zero-order chi connectivity index (χ0) is 13.4. The maximum absolute atomic E-state index is 5.99. The van der Waals surface area contributed by atoms with Crippen LogP contribution in [0.2, 0.25) is 0 Å². The molecule has 1 atom stereocenters. The number of ether oxygens (including phenoxy) is 4. The Balaban J connectivity index is 1.51. The van der Waals surface area contributed by atoms with Crippen LogP contribution in [0.1, 0.15) is 25.7 Å². The van der Waals surface area contributed by atoms with Crippen molar-refractivity contribution in [2.24, 2.45) is 0 Å². The first-order chi connectivity index (χ1) is 9.35. The minimum absolute atomic E-state index is 0.102. The molecule has 0 amide bonds. The van der Waals surface area contributed by atoms with Crippen molar-refractivity contribution >= 4 is 0 Å². The molecule has 0 aromatic heterocycles. The van der Waals surface area contributed by atoms with Crippen LogP contribution >= 0.6 is 0 Å². The van der Waals surface area contributed by atoms with Crippen LogP contribution in [0.5, 0.6) is 0 Å². The molecule has 0 saturated carbocycles. The maximum Gasteiger partial charge on any atom is 0.0836 e. The van der Waals surface area contributed by atoms with Gasteiger partial charge in [-0.3, -0.25) is 0 Å². The van der Waals surface area contributed by atoms with Crippen molar-refractivity contribution in [1.82, 2.24) is 5.32 Å². The molecule has 5 heteroatoms. The summed E-state index contributed by atoms with van der Waals surface area (Å²) in [5, 5.41) is 3.38. The van der Waals surface area contributed by atoms with Crippen LogP contribution in [-0.2, 0) is 18.9 Å². The van der Waals surface area contributed by atoms with Gasteiger partial charge in [0.2, 0.25) is 0 Å². The fraction of sp³-hybridized carbons (Fsp3) is 1.00. The van der Waals surface area contributed by atoms with Gasteiger partial charge in [0.25, 0.3) is 0 Å². The monoisotopic (exact) mass is 273 g/mol. The van der Waals surface area contributed by atoms with Crippen LogP contribution in [-0.4, -0.2) is 64.9 Å². The first-order valence-corrected chi connectivity index (χ1v) is 7.38. The molecule has 0 bridgehead atoms. The maximum atomic E-state index is 5.99. The summed E-state index contributed by atoms with van der Waals surface area (Å²) in [6, 6.07) is 0. The van der Waals surface area contributed by atoms with E-state index >= 15 is 0 Å². The Labute approximate surface area is 115 Å². The van der Waals surface area contributed by atoms with Gasteiger partial charge in [0.15, 0.2) is 0 Å². The summed E-state index contributed by atoms with van der Waals surface area (Å²) in [6.45, 7) is 5.72.